The Morgan fingerprint density at radius 3 is 2.75 bits per heavy atom. The first kappa shape index (κ1) is 12.1. The van der Waals surface area contributed by atoms with Crippen molar-refractivity contribution >= 4 is 10.0 Å². The van der Waals surface area contributed by atoms with Gasteiger partial charge in [-0.15, -0.1) is 0 Å². The smallest absolute Gasteiger partial charge is 0.225 e. The summed E-state index contributed by atoms with van der Waals surface area (Å²) < 4.78 is 22.3. The van der Waals surface area contributed by atoms with Gasteiger partial charge >= 0.3 is 0 Å². The molecule has 0 unspecified atom stereocenters. The maximum absolute atomic E-state index is 11.2. The molecule has 0 aliphatic heterocycles. The Labute approximate surface area is 92.8 Å². The third-order valence-electron chi connectivity index (χ3n) is 1.63. The number of hydrogen-bond acceptors (Lipinski definition) is 3. The van der Waals surface area contributed by atoms with E-state index in [1.165, 1.54) is 12.1 Å². The lowest BCUT2D eigenvalue weighted by atomic mass is 10.2. The highest BCUT2D eigenvalue weighted by Gasteiger charge is 2.10. The molecule has 0 aromatic heterocycles. The fourth-order valence-electron chi connectivity index (χ4n) is 1.02. The van der Waals surface area contributed by atoms with E-state index in [0.717, 1.165) is 0 Å². The number of rotatable bonds is 2. The number of azide groups is 1. The number of primary sulfonamides is 1. The molecule has 0 atom stereocenters. The highest BCUT2D eigenvalue weighted by molar-refractivity contribution is 7.89. The molecule has 0 heterocycles. The van der Waals surface area contributed by atoms with Crippen LogP contribution in [0, 0.1) is 11.8 Å². The molecule has 6 nitrogen and oxygen atoms in total. The Kier molecular flexibility index (Phi) is 3.91. The molecule has 0 saturated carbocycles. The van der Waals surface area contributed by atoms with E-state index in [9.17, 15) is 8.42 Å². The fourth-order valence-corrected chi connectivity index (χ4v) is 1.71. The van der Waals surface area contributed by atoms with E-state index in [0.29, 0.717) is 0 Å². The monoisotopic (exact) mass is 236 g/mol. The van der Waals surface area contributed by atoms with E-state index >= 15 is 0 Å². The number of nitrogens with two attached hydrogens (primary N) is 1. The molecular weight excluding hydrogens is 228 g/mol. The van der Waals surface area contributed by atoms with Gasteiger partial charge in [-0.2, -0.15) is 0 Å². The van der Waals surface area contributed by atoms with E-state index in [4.69, 9.17) is 10.7 Å². The summed E-state index contributed by atoms with van der Waals surface area (Å²) in [6.07, 6.45) is 0. The van der Waals surface area contributed by atoms with Crippen LogP contribution >= 0.6 is 0 Å². The first-order valence-electron chi connectivity index (χ1n) is 4.17. The van der Waals surface area contributed by atoms with E-state index in [-0.39, 0.29) is 17.0 Å². The van der Waals surface area contributed by atoms with Gasteiger partial charge in [0.2, 0.25) is 10.0 Å². The fraction of sp³-hybridized carbons (Fsp3) is 0.111. The van der Waals surface area contributed by atoms with Gasteiger partial charge in [-0.3, -0.25) is 0 Å². The maximum atomic E-state index is 11.2. The molecule has 2 N–H and O–H groups in total. The van der Waals surface area contributed by atoms with Gasteiger partial charge in [0.1, 0.15) is 0 Å². The topological polar surface area (TPSA) is 109 Å². The Hall–Kier alpha value is -2.00. The van der Waals surface area contributed by atoms with Crippen molar-refractivity contribution in [3.8, 4) is 11.8 Å². The first-order valence-corrected chi connectivity index (χ1v) is 5.72. The van der Waals surface area contributed by atoms with Crippen molar-refractivity contribution < 1.29 is 8.42 Å². The van der Waals surface area contributed by atoms with Gasteiger partial charge in [0.15, 0.2) is 0 Å². The molecule has 16 heavy (non-hydrogen) atoms. The summed E-state index contributed by atoms with van der Waals surface area (Å²) in [6.45, 7) is -0.0184. The van der Waals surface area contributed by atoms with Crippen molar-refractivity contribution in [1.29, 1.82) is 0 Å². The molecule has 0 spiro atoms. The lowest BCUT2D eigenvalue weighted by Gasteiger charge is -1.99. The molecule has 0 aliphatic rings. The van der Waals surface area contributed by atoms with Crippen molar-refractivity contribution in [3.05, 3.63) is 40.3 Å². The molecule has 0 saturated heterocycles. The second kappa shape index (κ2) is 5.19. The number of nitrogens with zero attached hydrogens (tertiary/aromatic N) is 3. The minimum atomic E-state index is -3.78. The summed E-state index contributed by atoms with van der Waals surface area (Å²) in [5, 5.41) is 8.22. The predicted octanol–water partition coefficient (Wildman–Crippen LogP) is 0.996. The Morgan fingerprint density at radius 2 is 2.12 bits per heavy atom. The first-order chi connectivity index (χ1) is 7.55. The quantitative estimate of drug-likeness (QED) is 0.357. The average Bonchev–Trinajstić information content (AvgIpc) is 2.24. The third kappa shape index (κ3) is 3.29. The largest absolute Gasteiger partial charge is 0.239 e. The molecule has 0 amide bonds. The Morgan fingerprint density at radius 1 is 1.44 bits per heavy atom. The molecule has 1 aromatic rings. The molecule has 0 radical (unpaired) electrons. The number of hydrogen-bond donors (Lipinski definition) is 1. The van der Waals surface area contributed by atoms with Crippen molar-refractivity contribution in [2.45, 2.75) is 4.90 Å². The van der Waals surface area contributed by atoms with Crippen LogP contribution in [-0.2, 0) is 10.0 Å². The molecule has 0 fully saturated rings. The molecular formula is C9H8N4O2S. The summed E-state index contributed by atoms with van der Waals surface area (Å²) in [7, 11) is -3.78. The van der Waals surface area contributed by atoms with Gasteiger partial charge in [0, 0.05) is 10.5 Å². The highest BCUT2D eigenvalue weighted by atomic mass is 32.2. The van der Waals surface area contributed by atoms with Crippen LogP contribution in [0.15, 0.2) is 34.3 Å². The van der Waals surface area contributed by atoms with Gasteiger partial charge < -0.3 is 0 Å². The second-order valence-electron chi connectivity index (χ2n) is 2.73. The summed E-state index contributed by atoms with van der Waals surface area (Å²) in [5.41, 5.74) is 8.31. The van der Waals surface area contributed by atoms with Crippen LogP contribution in [0.25, 0.3) is 10.4 Å². The van der Waals surface area contributed by atoms with Crippen molar-refractivity contribution in [2.24, 2.45) is 10.3 Å². The van der Waals surface area contributed by atoms with Crippen LogP contribution in [-0.4, -0.2) is 15.0 Å². The van der Waals surface area contributed by atoms with Crippen LogP contribution in [0.2, 0.25) is 0 Å². The Bertz CT molecular complexity index is 591. The van der Waals surface area contributed by atoms with Crippen molar-refractivity contribution in [1.82, 2.24) is 0 Å². The van der Waals surface area contributed by atoms with E-state index in [2.05, 4.69) is 21.9 Å². The van der Waals surface area contributed by atoms with Crippen LogP contribution in [0.1, 0.15) is 5.56 Å². The molecule has 0 aliphatic carbocycles. The summed E-state index contributed by atoms with van der Waals surface area (Å²) >= 11 is 0. The molecule has 82 valence electrons. The molecule has 1 rings (SSSR count). The third-order valence-corrected chi connectivity index (χ3v) is 2.60. The summed E-state index contributed by atoms with van der Waals surface area (Å²) in [6, 6.07) is 6.10. The predicted molar refractivity (Wildman–Crippen MR) is 58.7 cm³/mol. The van der Waals surface area contributed by atoms with Crippen molar-refractivity contribution in [3.63, 3.8) is 0 Å². The SMILES string of the molecule is [N-]=[N+]=NCC#Cc1ccccc1S(N)(=O)=O. The lowest BCUT2D eigenvalue weighted by Crippen LogP contribution is -2.13. The van der Waals surface area contributed by atoms with Crippen LogP contribution in [0.3, 0.4) is 0 Å². The maximum Gasteiger partial charge on any atom is 0.239 e. The van der Waals surface area contributed by atoms with Gasteiger partial charge in [0.05, 0.1) is 11.4 Å². The molecule has 0 bridgehead atoms. The van der Waals surface area contributed by atoms with E-state index in [1.54, 1.807) is 12.1 Å². The minimum Gasteiger partial charge on any atom is -0.225 e. The second-order valence-corrected chi connectivity index (χ2v) is 4.26. The summed E-state index contributed by atoms with van der Waals surface area (Å²) in [4.78, 5) is 2.48. The number of sulfonamides is 1. The molecule has 7 heteroatoms. The van der Waals surface area contributed by atoms with Crippen LogP contribution < -0.4 is 5.14 Å². The zero-order chi connectivity index (χ0) is 12.0. The zero-order valence-corrected chi connectivity index (χ0v) is 8.98. The van der Waals surface area contributed by atoms with Gasteiger partial charge in [-0.1, -0.05) is 29.1 Å². The average molecular weight is 236 g/mol. The summed E-state index contributed by atoms with van der Waals surface area (Å²) in [5.74, 6) is 5.11. The van der Waals surface area contributed by atoms with Crippen LogP contribution in [0.5, 0.6) is 0 Å². The standard InChI is InChI=1S/C9H8N4O2S/c10-13-12-7-3-5-8-4-1-2-6-9(8)16(11,14)15/h1-2,4,6H,7H2,(H2,11,14,15). The number of benzene rings is 1. The highest BCUT2D eigenvalue weighted by Crippen LogP contribution is 2.11. The van der Waals surface area contributed by atoms with Gasteiger partial charge in [-0.05, 0) is 17.7 Å². The van der Waals surface area contributed by atoms with Crippen LogP contribution in [0.4, 0.5) is 0 Å². The minimum absolute atomic E-state index is 0.0184. The van der Waals surface area contributed by atoms with Gasteiger partial charge in [0.25, 0.3) is 0 Å². The van der Waals surface area contributed by atoms with Crippen molar-refractivity contribution in [2.75, 3.05) is 6.54 Å². The van der Waals surface area contributed by atoms with E-state index < -0.39 is 10.0 Å². The Balaban J connectivity index is 3.13. The zero-order valence-electron chi connectivity index (χ0n) is 8.16. The molecule has 1 aromatic carbocycles. The van der Waals surface area contributed by atoms with E-state index in [1.807, 2.05) is 0 Å². The van der Waals surface area contributed by atoms with Gasteiger partial charge in [-0.25, -0.2) is 13.6 Å². The lowest BCUT2D eigenvalue weighted by molar-refractivity contribution is 0.597. The normalized spacial score (nSPS) is 9.81.